The summed E-state index contributed by atoms with van der Waals surface area (Å²) in [6.07, 6.45) is 6.23. The fourth-order valence-electron chi connectivity index (χ4n) is 2.94. The Hall–Kier alpha value is -1.84. The van der Waals surface area contributed by atoms with Crippen LogP contribution < -0.4 is 0 Å². The van der Waals surface area contributed by atoms with Crippen LogP contribution in [0, 0.1) is 5.92 Å². The lowest BCUT2D eigenvalue weighted by molar-refractivity contribution is 0.0603. The van der Waals surface area contributed by atoms with Gasteiger partial charge < -0.3 is 9.72 Å². The Bertz CT molecular complexity index is 597. The third kappa shape index (κ3) is 2.35. The molecule has 2 aromatic rings. The molecule has 3 rings (SSSR count). The predicted octanol–water partition coefficient (Wildman–Crippen LogP) is 3.08. The van der Waals surface area contributed by atoms with Crippen LogP contribution in [-0.2, 0) is 11.2 Å². The van der Waals surface area contributed by atoms with Crippen LogP contribution >= 0.6 is 0 Å². The van der Waals surface area contributed by atoms with E-state index >= 15 is 0 Å². The number of fused-ring (bicyclic) bond motifs is 1. The van der Waals surface area contributed by atoms with Crippen molar-refractivity contribution in [2.24, 2.45) is 5.92 Å². The van der Waals surface area contributed by atoms with Crippen molar-refractivity contribution in [3.8, 4) is 0 Å². The molecule has 0 bridgehead atoms. The lowest BCUT2D eigenvalue weighted by atomic mass is 10.0. The number of ether oxygens (including phenoxy) is 1. The number of hydrogen-bond acceptors (Lipinski definition) is 3. The van der Waals surface area contributed by atoms with E-state index in [0.717, 1.165) is 29.2 Å². The van der Waals surface area contributed by atoms with Crippen LogP contribution in [-0.4, -0.2) is 23.0 Å². The maximum absolute atomic E-state index is 11.7. The highest BCUT2D eigenvalue weighted by atomic mass is 16.5. The molecule has 1 heterocycles. The number of imidazole rings is 1. The molecule has 0 spiro atoms. The number of hydrogen-bond donors (Lipinski definition) is 1. The number of carbonyl (C=O) groups is 1. The van der Waals surface area contributed by atoms with Crippen LogP contribution in [0.4, 0.5) is 0 Å². The second kappa shape index (κ2) is 5.03. The smallest absolute Gasteiger partial charge is 0.340 e. The quantitative estimate of drug-likeness (QED) is 0.861. The lowest BCUT2D eigenvalue weighted by Crippen LogP contribution is -2.02. The number of esters is 1. The van der Waals surface area contributed by atoms with Crippen LogP contribution in [0.2, 0.25) is 0 Å². The molecule has 4 nitrogen and oxygen atoms in total. The molecule has 1 aliphatic rings. The van der Waals surface area contributed by atoms with E-state index < -0.39 is 0 Å². The molecule has 1 fully saturated rings. The van der Waals surface area contributed by atoms with Gasteiger partial charge in [0, 0.05) is 6.42 Å². The van der Waals surface area contributed by atoms with Gasteiger partial charge in [0.2, 0.25) is 0 Å². The number of nitrogens with zero attached hydrogens (tertiary/aromatic N) is 1. The number of rotatable bonds is 3. The van der Waals surface area contributed by atoms with E-state index in [4.69, 9.17) is 4.74 Å². The molecule has 0 unspecified atom stereocenters. The van der Waals surface area contributed by atoms with Crippen LogP contribution in [0.5, 0.6) is 0 Å². The van der Waals surface area contributed by atoms with Gasteiger partial charge in [-0.05, 0) is 18.1 Å². The van der Waals surface area contributed by atoms with Gasteiger partial charge >= 0.3 is 5.97 Å². The Kier molecular flexibility index (Phi) is 3.23. The van der Waals surface area contributed by atoms with E-state index in [1.807, 2.05) is 12.1 Å². The first-order chi connectivity index (χ1) is 9.28. The lowest BCUT2D eigenvalue weighted by Gasteiger charge is -2.04. The molecular formula is C15H18N2O2. The molecule has 0 atom stereocenters. The van der Waals surface area contributed by atoms with Crippen molar-refractivity contribution in [2.75, 3.05) is 7.11 Å². The zero-order valence-corrected chi connectivity index (χ0v) is 11.1. The topological polar surface area (TPSA) is 55.0 Å². The molecule has 1 N–H and O–H groups in total. The zero-order valence-electron chi connectivity index (χ0n) is 11.1. The van der Waals surface area contributed by atoms with Gasteiger partial charge in [0.1, 0.15) is 11.3 Å². The Labute approximate surface area is 112 Å². The van der Waals surface area contributed by atoms with Crippen molar-refractivity contribution >= 4 is 17.0 Å². The van der Waals surface area contributed by atoms with E-state index in [9.17, 15) is 4.79 Å². The molecule has 0 amide bonds. The van der Waals surface area contributed by atoms with Crippen molar-refractivity contribution in [2.45, 2.75) is 32.1 Å². The van der Waals surface area contributed by atoms with E-state index in [1.165, 1.54) is 32.8 Å². The van der Waals surface area contributed by atoms with E-state index in [0.29, 0.717) is 5.56 Å². The Morgan fingerprint density at radius 3 is 2.95 bits per heavy atom. The van der Waals surface area contributed by atoms with Gasteiger partial charge in [-0.1, -0.05) is 31.7 Å². The Morgan fingerprint density at radius 1 is 1.42 bits per heavy atom. The summed E-state index contributed by atoms with van der Waals surface area (Å²) in [5, 5.41) is 0. The minimum atomic E-state index is -0.329. The summed E-state index contributed by atoms with van der Waals surface area (Å²) in [5.74, 6) is 1.39. The number of para-hydroxylation sites is 1. The molecule has 1 aliphatic carbocycles. The SMILES string of the molecule is COC(=O)c1cccc2[nH]c(CC3CCCC3)nc12. The molecule has 19 heavy (non-hydrogen) atoms. The van der Waals surface area contributed by atoms with Gasteiger partial charge in [0.25, 0.3) is 0 Å². The summed E-state index contributed by atoms with van der Waals surface area (Å²) in [7, 11) is 1.40. The molecule has 4 heteroatoms. The molecular weight excluding hydrogens is 240 g/mol. The molecule has 0 saturated heterocycles. The van der Waals surface area contributed by atoms with Crippen LogP contribution in [0.3, 0.4) is 0 Å². The van der Waals surface area contributed by atoms with Gasteiger partial charge in [-0.3, -0.25) is 0 Å². The number of benzene rings is 1. The van der Waals surface area contributed by atoms with E-state index in [2.05, 4.69) is 9.97 Å². The monoisotopic (exact) mass is 258 g/mol. The minimum Gasteiger partial charge on any atom is -0.465 e. The Balaban J connectivity index is 1.93. The first kappa shape index (κ1) is 12.2. The molecule has 1 aromatic carbocycles. The molecule has 0 aliphatic heterocycles. The zero-order chi connectivity index (χ0) is 13.2. The van der Waals surface area contributed by atoms with Crippen molar-refractivity contribution in [1.82, 2.24) is 9.97 Å². The maximum atomic E-state index is 11.7. The number of aromatic amines is 1. The number of nitrogens with one attached hydrogen (secondary N) is 1. The fourth-order valence-corrected chi connectivity index (χ4v) is 2.94. The number of H-pyrrole nitrogens is 1. The summed E-state index contributed by atoms with van der Waals surface area (Å²) in [5.41, 5.74) is 2.17. The maximum Gasteiger partial charge on any atom is 0.340 e. The van der Waals surface area contributed by atoms with E-state index in [1.54, 1.807) is 6.07 Å². The van der Waals surface area contributed by atoms with Gasteiger partial charge in [0.15, 0.2) is 0 Å². The third-order valence-corrected chi connectivity index (χ3v) is 3.92. The van der Waals surface area contributed by atoms with Crippen LogP contribution in [0.1, 0.15) is 41.9 Å². The van der Waals surface area contributed by atoms with Crippen molar-refractivity contribution in [1.29, 1.82) is 0 Å². The van der Waals surface area contributed by atoms with Crippen molar-refractivity contribution in [3.05, 3.63) is 29.6 Å². The Morgan fingerprint density at radius 2 is 2.21 bits per heavy atom. The standard InChI is InChI=1S/C15H18N2O2/c1-19-15(18)11-7-4-8-12-14(11)17-13(16-12)9-10-5-2-3-6-10/h4,7-8,10H,2-3,5-6,9H2,1H3,(H,16,17). The highest BCUT2D eigenvalue weighted by molar-refractivity contribution is 6.01. The van der Waals surface area contributed by atoms with Gasteiger partial charge in [-0.25, -0.2) is 9.78 Å². The number of methoxy groups -OCH3 is 1. The second-order valence-corrected chi connectivity index (χ2v) is 5.23. The third-order valence-electron chi connectivity index (χ3n) is 3.92. The molecule has 0 radical (unpaired) electrons. The average Bonchev–Trinajstić information content (AvgIpc) is 3.06. The average molecular weight is 258 g/mol. The van der Waals surface area contributed by atoms with Crippen LogP contribution in [0.25, 0.3) is 11.0 Å². The summed E-state index contributed by atoms with van der Waals surface area (Å²) < 4.78 is 4.79. The second-order valence-electron chi connectivity index (χ2n) is 5.23. The first-order valence-electron chi connectivity index (χ1n) is 6.84. The summed E-state index contributed by atoms with van der Waals surface area (Å²) in [6.45, 7) is 0. The number of aromatic nitrogens is 2. The largest absolute Gasteiger partial charge is 0.465 e. The van der Waals surface area contributed by atoms with E-state index in [-0.39, 0.29) is 5.97 Å². The summed E-state index contributed by atoms with van der Waals surface area (Å²) >= 11 is 0. The number of carbonyl (C=O) groups excluding carboxylic acids is 1. The van der Waals surface area contributed by atoms with Crippen molar-refractivity contribution in [3.63, 3.8) is 0 Å². The predicted molar refractivity (Wildman–Crippen MR) is 73.1 cm³/mol. The highest BCUT2D eigenvalue weighted by Crippen LogP contribution is 2.28. The first-order valence-corrected chi connectivity index (χ1v) is 6.84. The highest BCUT2D eigenvalue weighted by Gasteiger charge is 2.19. The summed E-state index contributed by atoms with van der Waals surface area (Å²) in [4.78, 5) is 19.6. The van der Waals surface area contributed by atoms with Crippen molar-refractivity contribution < 1.29 is 9.53 Å². The normalized spacial score (nSPS) is 16.1. The molecule has 1 saturated carbocycles. The summed E-state index contributed by atoms with van der Waals surface area (Å²) in [6, 6.07) is 5.56. The minimum absolute atomic E-state index is 0.329. The molecule has 100 valence electrons. The van der Waals surface area contributed by atoms with Gasteiger partial charge in [0.05, 0.1) is 18.2 Å². The van der Waals surface area contributed by atoms with Gasteiger partial charge in [-0.2, -0.15) is 0 Å². The van der Waals surface area contributed by atoms with Gasteiger partial charge in [-0.15, -0.1) is 0 Å². The van der Waals surface area contributed by atoms with Crippen LogP contribution in [0.15, 0.2) is 18.2 Å². The molecule has 1 aromatic heterocycles. The fraction of sp³-hybridized carbons (Fsp3) is 0.467.